The standard InChI is InChI=1S/C39H74O17P2/c1-5-8-10-12-13-14-15-16-17-18-19-20-21-22-24-26-39(44)55-35(29-49-33(4)40)31-53-57(45,46)51-27-34(41)28-52-58(47,48)54-32-36(30-50-37(42)7-3)56-38(43)25-23-11-9-6-2/h34-36,41H,5-32H2,1-4H3,(H,45,46)(H,47,48)/t34-,35+,36+/m0/s1. The van der Waals surface area contributed by atoms with Gasteiger partial charge in [-0.1, -0.05) is 130 Å². The molecule has 3 N–H and O–H groups in total. The number of hydrogen-bond acceptors (Lipinski definition) is 15. The lowest BCUT2D eigenvalue weighted by atomic mass is 10.0. The zero-order valence-electron chi connectivity index (χ0n) is 35.5. The van der Waals surface area contributed by atoms with Gasteiger partial charge in [0.05, 0.1) is 26.4 Å². The lowest BCUT2D eigenvalue weighted by molar-refractivity contribution is -0.161. The number of ether oxygens (including phenoxy) is 4. The Morgan fingerprint density at radius 3 is 1.16 bits per heavy atom. The van der Waals surface area contributed by atoms with E-state index < -0.39 is 97.5 Å². The molecule has 0 aromatic rings. The number of hydrogen-bond donors (Lipinski definition) is 3. The molecule has 0 aromatic heterocycles. The van der Waals surface area contributed by atoms with Crippen molar-refractivity contribution >= 4 is 39.5 Å². The Balaban J connectivity index is 4.59. The predicted molar refractivity (Wildman–Crippen MR) is 215 cm³/mol. The summed E-state index contributed by atoms with van der Waals surface area (Å²) in [4.78, 5) is 67.8. The third kappa shape index (κ3) is 36.0. The Labute approximate surface area is 346 Å². The molecule has 0 saturated carbocycles. The van der Waals surface area contributed by atoms with E-state index >= 15 is 0 Å². The minimum absolute atomic E-state index is 0.0494. The molecule has 342 valence electrons. The first kappa shape index (κ1) is 56.1. The molecule has 17 nitrogen and oxygen atoms in total. The summed E-state index contributed by atoms with van der Waals surface area (Å²) in [7, 11) is -9.75. The van der Waals surface area contributed by atoms with Crippen molar-refractivity contribution in [3.05, 3.63) is 0 Å². The van der Waals surface area contributed by atoms with Crippen LogP contribution >= 0.6 is 15.6 Å². The zero-order chi connectivity index (χ0) is 43.5. The maximum Gasteiger partial charge on any atom is 0.472 e. The lowest BCUT2D eigenvalue weighted by Gasteiger charge is -2.21. The summed E-state index contributed by atoms with van der Waals surface area (Å²) in [5.41, 5.74) is 0. The summed E-state index contributed by atoms with van der Waals surface area (Å²) in [6.45, 7) is 2.91. The van der Waals surface area contributed by atoms with Crippen LogP contribution in [0.25, 0.3) is 0 Å². The van der Waals surface area contributed by atoms with E-state index in [-0.39, 0.29) is 19.3 Å². The van der Waals surface area contributed by atoms with Crippen LogP contribution in [0.2, 0.25) is 0 Å². The normalized spacial score (nSPS) is 15.1. The van der Waals surface area contributed by atoms with E-state index in [1.165, 1.54) is 64.2 Å². The summed E-state index contributed by atoms with van der Waals surface area (Å²) in [6, 6.07) is 0. The van der Waals surface area contributed by atoms with Gasteiger partial charge in [-0.05, 0) is 12.8 Å². The molecule has 0 fully saturated rings. The van der Waals surface area contributed by atoms with Crippen LogP contribution in [0.3, 0.4) is 0 Å². The number of aliphatic hydroxyl groups is 1. The molecule has 0 saturated heterocycles. The third-order valence-corrected chi connectivity index (χ3v) is 10.6. The van der Waals surface area contributed by atoms with Crippen molar-refractivity contribution in [3.8, 4) is 0 Å². The Morgan fingerprint density at radius 2 is 0.793 bits per heavy atom. The highest BCUT2D eigenvalue weighted by molar-refractivity contribution is 7.47. The molecule has 0 aliphatic heterocycles. The highest BCUT2D eigenvalue weighted by Gasteiger charge is 2.30. The number of phosphoric ester groups is 2. The Morgan fingerprint density at radius 1 is 0.466 bits per heavy atom. The second-order valence-electron chi connectivity index (χ2n) is 14.3. The van der Waals surface area contributed by atoms with Crippen LogP contribution in [0.15, 0.2) is 0 Å². The van der Waals surface area contributed by atoms with Gasteiger partial charge in [0.15, 0.2) is 12.2 Å². The van der Waals surface area contributed by atoms with E-state index in [4.69, 9.17) is 37.0 Å². The number of esters is 4. The summed E-state index contributed by atoms with van der Waals surface area (Å²) >= 11 is 0. The SMILES string of the molecule is CCCCCCCCCCCCCCCCCC(=O)O[C@H](COC(C)=O)COP(=O)(O)OC[C@H](O)COP(=O)(O)OC[C@@H](COC(=O)CC)OC(=O)CCCCCC. The number of carbonyl (C=O) groups is 4. The van der Waals surface area contributed by atoms with E-state index in [2.05, 4.69) is 6.92 Å². The largest absolute Gasteiger partial charge is 0.472 e. The van der Waals surface area contributed by atoms with E-state index in [0.717, 1.165) is 51.9 Å². The van der Waals surface area contributed by atoms with Crippen molar-refractivity contribution in [1.29, 1.82) is 0 Å². The molecule has 2 unspecified atom stereocenters. The molecular weight excluding hydrogens is 802 g/mol. The van der Waals surface area contributed by atoms with E-state index in [9.17, 15) is 43.2 Å². The second kappa shape index (κ2) is 35.8. The van der Waals surface area contributed by atoms with Crippen LogP contribution in [-0.2, 0) is 65.4 Å². The van der Waals surface area contributed by atoms with Crippen LogP contribution in [0, 0.1) is 0 Å². The average Bonchev–Trinajstić information content (AvgIpc) is 3.18. The molecular formula is C39H74O17P2. The molecule has 0 aromatic carbocycles. The van der Waals surface area contributed by atoms with Gasteiger partial charge < -0.3 is 33.8 Å². The average molecular weight is 877 g/mol. The number of rotatable bonds is 40. The Bertz CT molecular complexity index is 1190. The maximum atomic E-state index is 12.5. The first-order chi connectivity index (χ1) is 27.6. The number of unbranched alkanes of at least 4 members (excludes halogenated alkanes) is 17. The first-order valence-electron chi connectivity index (χ1n) is 21.2. The van der Waals surface area contributed by atoms with Crippen LogP contribution in [-0.4, -0.2) is 96.7 Å². The molecule has 5 atom stereocenters. The van der Waals surface area contributed by atoms with E-state index in [1.807, 2.05) is 6.92 Å². The molecule has 0 aliphatic carbocycles. The molecule has 0 rings (SSSR count). The fourth-order valence-corrected chi connectivity index (χ4v) is 6.97. The van der Waals surface area contributed by atoms with Gasteiger partial charge >= 0.3 is 39.5 Å². The molecule has 0 amide bonds. The minimum Gasteiger partial charge on any atom is -0.462 e. The van der Waals surface area contributed by atoms with Crippen LogP contribution in [0.4, 0.5) is 0 Å². The van der Waals surface area contributed by atoms with Crippen molar-refractivity contribution in [1.82, 2.24) is 0 Å². The Kier molecular flexibility index (Phi) is 34.6. The summed E-state index contributed by atoms with van der Waals surface area (Å²) in [5, 5.41) is 10.2. The zero-order valence-corrected chi connectivity index (χ0v) is 37.3. The first-order valence-corrected chi connectivity index (χ1v) is 24.2. The monoisotopic (exact) mass is 876 g/mol. The maximum absolute atomic E-state index is 12.5. The quantitative estimate of drug-likeness (QED) is 0.0228. The van der Waals surface area contributed by atoms with E-state index in [1.54, 1.807) is 6.92 Å². The summed E-state index contributed by atoms with van der Waals surface area (Å²) in [6.07, 6.45) is 17.0. The third-order valence-electron chi connectivity index (χ3n) is 8.71. The van der Waals surface area contributed by atoms with Gasteiger partial charge in [-0.25, -0.2) is 9.13 Å². The highest BCUT2D eigenvalue weighted by atomic mass is 31.2. The van der Waals surface area contributed by atoms with Gasteiger partial charge in [0.1, 0.15) is 19.3 Å². The fraction of sp³-hybridized carbons (Fsp3) is 0.897. The van der Waals surface area contributed by atoms with Gasteiger partial charge in [0.25, 0.3) is 0 Å². The predicted octanol–water partition coefficient (Wildman–Crippen LogP) is 8.19. The molecule has 19 heteroatoms. The van der Waals surface area contributed by atoms with Gasteiger partial charge in [-0.2, -0.15) is 0 Å². The van der Waals surface area contributed by atoms with Gasteiger partial charge in [0, 0.05) is 26.2 Å². The Hall–Kier alpha value is -1.94. The second-order valence-corrected chi connectivity index (χ2v) is 17.3. The van der Waals surface area contributed by atoms with Crippen molar-refractivity contribution < 1.29 is 80.2 Å². The van der Waals surface area contributed by atoms with Crippen LogP contribution < -0.4 is 0 Å². The summed E-state index contributed by atoms with van der Waals surface area (Å²) < 4.78 is 64.6. The van der Waals surface area contributed by atoms with Crippen molar-refractivity contribution in [3.63, 3.8) is 0 Å². The van der Waals surface area contributed by atoms with Crippen LogP contribution in [0.1, 0.15) is 169 Å². The van der Waals surface area contributed by atoms with Gasteiger partial charge in [0.2, 0.25) is 0 Å². The van der Waals surface area contributed by atoms with Gasteiger partial charge in [-0.15, -0.1) is 0 Å². The van der Waals surface area contributed by atoms with E-state index in [0.29, 0.717) is 12.8 Å². The molecule has 0 radical (unpaired) electrons. The molecule has 0 bridgehead atoms. The number of phosphoric acid groups is 2. The molecule has 0 heterocycles. The summed E-state index contributed by atoms with van der Waals surface area (Å²) in [5.74, 6) is -2.47. The topological polar surface area (TPSA) is 237 Å². The minimum atomic E-state index is -4.88. The van der Waals surface area contributed by atoms with Crippen molar-refractivity contribution in [2.45, 2.75) is 187 Å². The lowest BCUT2D eigenvalue weighted by Crippen LogP contribution is -2.30. The fourth-order valence-electron chi connectivity index (χ4n) is 5.39. The smallest absolute Gasteiger partial charge is 0.462 e. The number of aliphatic hydroxyl groups excluding tert-OH is 1. The van der Waals surface area contributed by atoms with Crippen LogP contribution in [0.5, 0.6) is 0 Å². The number of carbonyl (C=O) groups excluding carboxylic acids is 4. The van der Waals surface area contributed by atoms with Crippen molar-refractivity contribution in [2.24, 2.45) is 0 Å². The molecule has 0 aliphatic rings. The highest BCUT2D eigenvalue weighted by Crippen LogP contribution is 2.45. The molecule has 0 spiro atoms. The van der Waals surface area contributed by atoms with Crippen molar-refractivity contribution in [2.75, 3.05) is 39.6 Å². The van der Waals surface area contributed by atoms with Gasteiger partial charge in [-0.3, -0.25) is 37.3 Å². The molecule has 58 heavy (non-hydrogen) atoms.